The third-order valence-corrected chi connectivity index (χ3v) is 9.61. The number of fused-ring (bicyclic) bond motifs is 2. The molecule has 0 amide bonds. The Hall–Kier alpha value is -4.13. The number of rotatable bonds is 11. The first kappa shape index (κ1) is 29.9. The Labute approximate surface area is 257 Å². The molecule has 1 fully saturated rings. The number of nitrogens with zero attached hydrogens (tertiary/aromatic N) is 7. The second-order valence-corrected chi connectivity index (χ2v) is 18.0. The Morgan fingerprint density at radius 3 is 2.64 bits per heavy atom. The molecule has 5 aromatic rings. The van der Waals surface area contributed by atoms with E-state index in [1.807, 2.05) is 41.8 Å². The number of aromatic nitrogens is 6. The number of imidazole rings is 1. The zero-order valence-corrected chi connectivity index (χ0v) is 26.9. The molecule has 12 heteroatoms. The second-order valence-electron chi connectivity index (χ2n) is 12.4. The van der Waals surface area contributed by atoms with E-state index < -0.39 is 8.07 Å². The van der Waals surface area contributed by atoms with Crippen molar-refractivity contribution < 1.29 is 9.47 Å². The molecule has 0 bridgehead atoms. The average molecular weight is 613 g/mol. The van der Waals surface area contributed by atoms with E-state index in [2.05, 4.69) is 56.9 Å². The second kappa shape index (κ2) is 12.8. The summed E-state index contributed by atoms with van der Waals surface area (Å²) in [5.41, 5.74) is 4.79. The number of anilines is 2. The van der Waals surface area contributed by atoms with E-state index in [-0.39, 0.29) is 5.56 Å². The maximum Gasteiger partial charge on any atom is 0.266 e. The van der Waals surface area contributed by atoms with Crippen molar-refractivity contribution in [1.29, 1.82) is 0 Å². The van der Waals surface area contributed by atoms with Crippen molar-refractivity contribution in [2.24, 2.45) is 0 Å². The van der Waals surface area contributed by atoms with Gasteiger partial charge in [-0.2, -0.15) is 0 Å². The van der Waals surface area contributed by atoms with E-state index in [4.69, 9.17) is 14.5 Å². The number of aryl methyl sites for hydroxylation is 1. The monoisotopic (exact) mass is 612 g/mol. The van der Waals surface area contributed by atoms with Crippen molar-refractivity contribution in [2.45, 2.75) is 45.8 Å². The van der Waals surface area contributed by atoms with Crippen LogP contribution in [-0.2, 0) is 22.6 Å². The molecule has 1 aliphatic heterocycles. The first-order chi connectivity index (χ1) is 21.3. The number of hydrogen-bond donors (Lipinski definition) is 1. The quantitative estimate of drug-likeness (QED) is 0.168. The standard InChI is InChI=1S/C32H40N8O3Si/c1-23-7-5-10-26-28(23)32(41)40(25-9-6-8-24(19-25)38-13-15-42-16-14-38)27(37-26)11-12-33-30-29-31(35-20-34-30)39(21-36-29)22-43-17-18-44(2,3)4/h5-10,19-21H,11-18,22H2,1-4H3,(H,33,34,35). The van der Waals surface area contributed by atoms with Gasteiger partial charge in [-0.1, -0.05) is 37.8 Å². The zero-order chi connectivity index (χ0) is 30.7. The molecule has 0 radical (unpaired) electrons. The highest BCUT2D eigenvalue weighted by atomic mass is 28.3. The minimum atomic E-state index is -1.16. The zero-order valence-electron chi connectivity index (χ0n) is 25.9. The van der Waals surface area contributed by atoms with Gasteiger partial charge < -0.3 is 19.7 Å². The summed E-state index contributed by atoms with van der Waals surface area (Å²) in [7, 11) is -1.16. The van der Waals surface area contributed by atoms with Gasteiger partial charge in [-0.3, -0.25) is 13.9 Å². The van der Waals surface area contributed by atoms with Crippen molar-refractivity contribution in [2.75, 3.05) is 49.7 Å². The lowest BCUT2D eigenvalue weighted by molar-refractivity contribution is 0.0895. The van der Waals surface area contributed by atoms with Crippen LogP contribution in [0.3, 0.4) is 0 Å². The molecule has 1 N–H and O–H groups in total. The Morgan fingerprint density at radius 1 is 1.02 bits per heavy atom. The lowest BCUT2D eigenvalue weighted by Crippen LogP contribution is -2.36. The molecule has 0 saturated carbocycles. The molecule has 6 rings (SSSR count). The first-order valence-electron chi connectivity index (χ1n) is 15.2. The van der Waals surface area contributed by atoms with Crippen LogP contribution >= 0.6 is 0 Å². The number of ether oxygens (including phenoxy) is 2. The summed E-state index contributed by atoms with van der Waals surface area (Å²) < 4.78 is 15.1. The van der Waals surface area contributed by atoms with Gasteiger partial charge in [0.05, 0.1) is 36.1 Å². The van der Waals surface area contributed by atoms with Gasteiger partial charge in [0.25, 0.3) is 5.56 Å². The molecule has 1 aliphatic rings. The largest absolute Gasteiger partial charge is 0.378 e. The van der Waals surface area contributed by atoms with Gasteiger partial charge in [-0.05, 0) is 42.8 Å². The third kappa shape index (κ3) is 6.52. The molecule has 0 spiro atoms. The molecule has 2 aromatic carbocycles. The van der Waals surface area contributed by atoms with Crippen molar-refractivity contribution >= 4 is 41.6 Å². The molecule has 230 valence electrons. The molecule has 1 saturated heterocycles. The number of nitrogens with one attached hydrogen (secondary N) is 1. The molecule has 11 nitrogen and oxygen atoms in total. The summed E-state index contributed by atoms with van der Waals surface area (Å²) >= 11 is 0. The lowest BCUT2D eigenvalue weighted by atomic mass is 10.1. The van der Waals surface area contributed by atoms with E-state index in [0.717, 1.165) is 42.7 Å². The maximum atomic E-state index is 14.1. The average Bonchev–Trinajstić information content (AvgIpc) is 3.43. The van der Waals surface area contributed by atoms with Crippen molar-refractivity contribution in [1.82, 2.24) is 29.1 Å². The van der Waals surface area contributed by atoms with Gasteiger partial charge in [0, 0.05) is 46.4 Å². The summed E-state index contributed by atoms with van der Waals surface area (Å²) in [4.78, 5) is 34.8. The van der Waals surface area contributed by atoms with E-state index in [9.17, 15) is 4.79 Å². The Morgan fingerprint density at radius 2 is 1.82 bits per heavy atom. The fourth-order valence-corrected chi connectivity index (χ4v) is 6.22. The number of morpholine rings is 1. The van der Waals surface area contributed by atoms with E-state index >= 15 is 0 Å². The van der Waals surface area contributed by atoms with Gasteiger partial charge in [-0.15, -0.1) is 0 Å². The van der Waals surface area contributed by atoms with Crippen LogP contribution in [0.15, 0.2) is 59.9 Å². The van der Waals surface area contributed by atoms with Gasteiger partial charge in [-0.25, -0.2) is 19.9 Å². The van der Waals surface area contributed by atoms with Crippen LogP contribution in [0.4, 0.5) is 11.5 Å². The molecule has 0 atom stereocenters. The SMILES string of the molecule is Cc1cccc2nc(CCNc3ncnc4c3ncn4COCC[Si](C)(C)C)n(-c3cccc(N4CCOCC4)c3)c(=O)c12. The first-order valence-corrected chi connectivity index (χ1v) is 18.9. The van der Waals surface area contributed by atoms with Crippen LogP contribution in [0.5, 0.6) is 0 Å². The van der Waals surface area contributed by atoms with Gasteiger partial charge >= 0.3 is 0 Å². The van der Waals surface area contributed by atoms with E-state index in [1.165, 1.54) is 6.33 Å². The van der Waals surface area contributed by atoms with Gasteiger partial charge in [0.2, 0.25) is 0 Å². The minimum absolute atomic E-state index is 0.0699. The highest BCUT2D eigenvalue weighted by molar-refractivity contribution is 6.76. The van der Waals surface area contributed by atoms with E-state index in [0.29, 0.717) is 66.6 Å². The maximum absolute atomic E-state index is 14.1. The molecular weight excluding hydrogens is 572 g/mol. The normalized spacial score (nSPS) is 14.0. The molecule has 0 aliphatic carbocycles. The highest BCUT2D eigenvalue weighted by Gasteiger charge is 2.18. The van der Waals surface area contributed by atoms with Crippen LogP contribution in [0.1, 0.15) is 11.4 Å². The topological polar surface area (TPSA) is 112 Å². The molecule has 44 heavy (non-hydrogen) atoms. The van der Waals surface area contributed by atoms with Crippen molar-refractivity contribution in [3.63, 3.8) is 0 Å². The Bertz CT molecular complexity index is 1820. The van der Waals surface area contributed by atoms with Gasteiger partial charge in [0.15, 0.2) is 11.5 Å². The summed E-state index contributed by atoms with van der Waals surface area (Å²) in [6.45, 7) is 13.6. The molecule has 4 heterocycles. The van der Waals surface area contributed by atoms with Gasteiger partial charge in [0.1, 0.15) is 24.4 Å². The predicted molar refractivity (Wildman–Crippen MR) is 177 cm³/mol. The smallest absolute Gasteiger partial charge is 0.266 e. The summed E-state index contributed by atoms with van der Waals surface area (Å²) in [5, 5.41) is 4.05. The predicted octanol–water partition coefficient (Wildman–Crippen LogP) is 4.64. The molecule has 3 aromatic heterocycles. The molecule has 0 unspecified atom stereocenters. The third-order valence-electron chi connectivity index (χ3n) is 7.91. The molecular formula is C32H40N8O3Si. The number of hydrogen-bond acceptors (Lipinski definition) is 9. The van der Waals surface area contributed by atoms with Crippen molar-refractivity contribution in [3.8, 4) is 5.69 Å². The number of benzene rings is 2. The van der Waals surface area contributed by atoms with Crippen LogP contribution in [-0.4, -0.2) is 76.6 Å². The summed E-state index contributed by atoms with van der Waals surface area (Å²) in [6, 6.07) is 15.0. The van der Waals surface area contributed by atoms with Crippen LogP contribution < -0.4 is 15.8 Å². The summed E-state index contributed by atoms with van der Waals surface area (Å²) in [5.74, 6) is 1.31. The summed E-state index contributed by atoms with van der Waals surface area (Å²) in [6.07, 6.45) is 3.77. The van der Waals surface area contributed by atoms with Crippen molar-refractivity contribution in [3.05, 3.63) is 76.9 Å². The van der Waals surface area contributed by atoms with Crippen LogP contribution in [0.2, 0.25) is 25.7 Å². The highest BCUT2D eigenvalue weighted by Crippen LogP contribution is 2.23. The lowest BCUT2D eigenvalue weighted by Gasteiger charge is -2.29. The Balaban J connectivity index is 1.26. The van der Waals surface area contributed by atoms with E-state index in [1.54, 1.807) is 10.9 Å². The Kier molecular flexibility index (Phi) is 8.73. The minimum Gasteiger partial charge on any atom is -0.378 e. The fraction of sp³-hybridized carbons (Fsp3) is 0.406. The fourth-order valence-electron chi connectivity index (χ4n) is 5.46. The van der Waals surface area contributed by atoms with Crippen LogP contribution in [0.25, 0.3) is 27.8 Å². The van der Waals surface area contributed by atoms with Crippen LogP contribution in [0, 0.1) is 6.92 Å².